The lowest BCUT2D eigenvalue weighted by Gasteiger charge is -2.07. The number of rotatable bonds is 3. The van der Waals surface area contributed by atoms with E-state index in [1.807, 2.05) is 13.0 Å². The van der Waals surface area contributed by atoms with Crippen LogP contribution in [0, 0.1) is 6.92 Å². The van der Waals surface area contributed by atoms with E-state index in [2.05, 4.69) is 30.9 Å². The second-order valence-electron chi connectivity index (χ2n) is 3.80. The van der Waals surface area contributed by atoms with Crippen molar-refractivity contribution in [2.45, 2.75) is 13.5 Å². The first-order valence-electron chi connectivity index (χ1n) is 5.32. The summed E-state index contributed by atoms with van der Waals surface area (Å²) in [7, 11) is 1.56. The van der Waals surface area contributed by atoms with Gasteiger partial charge < -0.3 is 9.72 Å². The van der Waals surface area contributed by atoms with Crippen molar-refractivity contribution in [1.29, 1.82) is 0 Å². The number of hydrogen-bond donors (Lipinski definition) is 1. The summed E-state index contributed by atoms with van der Waals surface area (Å²) in [4.78, 5) is 23.0. The van der Waals surface area contributed by atoms with E-state index in [1.54, 1.807) is 19.5 Å². The van der Waals surface area contributed by atoms with Crippen molar-refractivity contribution in [3.8, 4) is 11.4 Å². The van der Waals surface area contributed by atoms with Crippen molar-refractivity contribution in [3.63, 3.8) is 0 Å². The van der Waals surface area contributed by atoms with E-state index in [0.29, 0.717) is 16.0 Å². The molecule has 0 atom stereocenters. The molecule has 0 aliphatic heterocycles. The average Bonchev–Trinajstić information content (AvgIpc) is 2.35. The quantitative estimate of drug-likeness (QED) is 0.942. The average molecular weight is 310 g/mol. The van der Waals surface area contributed by atoms with E-state index in [9.17, 15) is 4.79 Å². The number of halogens is 1. The van der Waals surface area contributed by atoms with Gasteiger partial charge in [-0.3, -0.25) is 9.78 Å². The van der Waals surface area contributed by atoms with Gasteiger partial charge in [0, 0.05) is 25.1 Å². The van der Waals surface area contributed by atoms with E-state index in [-0.39, 0.29) is 12.2 Å². The van der Waals surface area contributed by atoms with E-state index >= 15 is 0 Å². The van der Waals surface area contributed by atoms with Gasteiger partial charge in [-0.1, -0.05) is 0 Å². The van der Waals surface area contributed by atoms with Crippen molar-refractivity contribution in [2.24, 2.45) is 0 Å². The van der Waals surface area contributed by atoms with E-state index in [1.165, 1.54) is 0 Å². The third kappa shape index (κ3) is 2.49. The Morgan fingerprint density at radius 3 is 2.94 bits per heavy atom. The Morgan fingerprint density at radius 1 is 1.50 bits per heavy atom. The molecule has 2 aromatic heterocycles. The van der Waals surface area contributed by atoms with Gasteiger partial charge in [-0.2, -0.15) is 0 Å². The zero-order valence-electron chi connectivity index (χ0n) is 10.0. The lowest BCUT2D eigenvalue weighted by atomic mass is 10.1. The van der Waals surface area contributed by atoms with Gasteiger partial charge in [-0.15, -0.1) is 0 Å². The molecule has 0 saturated heterocycles. The van der Waals surface area contributed by atoms with Crippen molar-refractivity contribution >= 4 is 15.9 Å². The van der Waals surface area contributed by atoms with Gasteiger partial charge in [0.25, 0.3) is 5.56 Å². The summed E-state index contributed by atoms with van der Waals surface area (Å²) >= 11 is 3.21. The minimum atomic E-state index is -0.219. The Morgan fingerprint density at radius 2 is 2.28 bits per heavy atom. The molecule has 1 N–H and O–H groups in total. The van der Waals surface area contributed by atoms with Crippen LogP contribution in [0.5, 0.6) is 0 Å². The van der Waals surface area contributed by atoms with Gasteiger partial charge in [0.1, 0.15) is 10.3 Å². The van der Waals surface area contributed by atoms with Crippen molar-refractivity contribution in [2.75, 3.05) is 7.11 Å². The standard InChI is InChI=1S/C12H12BrN3O2/c1-7-5-14-4-3-8(7)11-15-9(6-18-2)10(13)12(17)16-11/h3-5H,6H2,1-2H3,(H,15,16,17). The van der Waals surface area contributed by atoms with Gasteiger partial charge in [-0.25, -0.2) is 4.98 Å². The summed E-state index contributed by atoms with van der Waals surface area (Å²) in [5.41, 5.74) is 2.16. The zero-order valence-corrected chi connectivity index (χ0v) is 11.6. The Labute approximate surface area is 112 Å². The van der Waals surface area contributed by atoms with E-state index < -0.39 is 0 Å². The molecule has 0 amide bonds. The molecule has 5 nitrogen and oxygen atoms in total. The second kappa shape index (κ2) is 5.41. The molecule has 0 unspecified atom stereocenters. The molecule has 2 heterocycles. The van der Waals surface area contributed by atoms with Crippen LogP contribution in [0.3, 0.4) is 0 Å². The normalized spacial score (nSPS) is 10.6. The SMILES string of the molecule is COCc1nc(-c2ccncc2C)[nH]c(=O)c1Br. The second-order valence-corrected chi connectivity index (χ2v) is 4.59. The van der Waals surface area contributed by atoms with Gasteiger partial charge in [-0.05, 0) is 34.5 Å². The highest BCUT2D eigenvalue weighted by Gasteiger charge is 2.11. The molecule has 2 rings (SSSR count). The molecular formula is C12H12BrN3O2. The lowest BCUT2D eigenvalue weighted by Crippen LogP contribution is -2.14. The highest BCUT2D eigenvalue weighted by atomic mass is 79.9. The fraction of sp³-hybridized carbons (Fsp3) is 0.250. The van der Waals surface area contributed by atoms with Gasteiger partial charge in [0.15, 0.2) is 0 Å². The fourth-order valence-corrected chi connectivity index (χ4v) is 1.91. The Balaban J connectivity index is 2.59. The van der Waals surface area contributed by atoms with Crippen LogP contribution < -0.4 is 5.56 Å². The summed E-state index contributed by atoms with van der Waals surface area (Å²) in [5, 5.41) is 0. The molecule has 0 aromatic carbocycles. The molecular weight excluding hydrogens is 298 g/mol. The van der Waals surface area contributed by atoms with Crippen LogP contribution in [0.25, 0.3) is 11.4 Å². The molecule has 0 aliphatic carbocycles. The lowest BCUT2D eigenvalue weighted by molar-refractivity contribution is 0.180. The molecule has 2 aromatic rings. The number of aromatic nitrogens is 3. The minimum Gasteiger partial charge on any atom is -0.378 e. The topological polar surface area (TPSA) is 67.9 Å². The van der Waals surface area contributed by atoms with Crippen LogP contribution in [0.15, 0.2) is 27.7 Å². The molecule has 0 bridgehead atoms. The highest BCUT2D eigenvalue weighted by molar-refractivity contribution is 9.10. The fourth-order valence-electron chi connectivity index (χ4n) is 1.60. The van der Waals surface area contributed by atoms with Crippen LogP contribution in [0.2, 0.25) is 0 Å². The van der Waals surface area contributed by atoms with Crippen LogP contribution >= 0.6 is 15.9 Å². The summed E-state index contributed by atoms with van der Waals surface area (Å²) in [6.45, 7) is 2.20. The van der Waals surface area contributed by atoms with Gasteiger partial charge >= 0.3 is 0 Å². The molecule has 0 spiro atoms. The van der Waals surface area contributed by atoms with Gasteiger partial charge in [0.2, 0.25) is 0 Å². The molecule has 0 fully saturated rings. The Hall–Kier alpha value is -1.53. The van der Waals surface area contributed by atoms with Crippen molar-refractivity contribution < 1.29 is 4.74 Å². The zero-order chi connectivity index (χ0) is 13.1. The summed E-state index contributed by atoms with van der Waals surface area (Å²) in [6, 6.07) is 1.82. The molecule has 0 saturated carbocycles. The monoisotopic (exact) mass is 309 g/mol. The van der Waals surface area contributed by atoms with Crippen LogP contribution in [0.4, 0.5) is 0 Å². The predicted molar refractivity (Wildman–Crippen MR) is 71.2 cm³/mol. The number of nitrogens with one attached hydrogen (secondary N) is 1. The maximum absolute atomic E-state index is 11.8. The maximum atomic E-state index is 11.8. The summed E-state index contributed by atoms with van der Waals surface area (Å²) in [6.07, 6.45) is 3.40. The first-order valence-corrected chi connectivity index (χ1v) is 6.11. The molecule has 18 heavy (non-hydrogen) atoms. The van der Waals surface area contributed by atoms with Crippen LogP contribution in [-0.4, -0.2) is 22.1 Å². The predicted octanol–water partition coefficient (Wildman–Crippen LogP) is 2.05. The Bertz CT molecular complexity index is 625. The number of H-pyrrole nitrogens is 1. The van der Waals surface area contributed by atoms with Gasteiger partial charge in [0.05, 0.1) is 12.3 Å². The number of aromatic amines is 1. The number of pyridine rings is 1. The maximum Gasteiger partial charge on any atom is 0.265 e. The number of nitrogens with zero attached hydrogens (tertiary/aromatic N) is 2. The first kappa shape index (κ1) is 12.9. The highest BCUT2D eigenvalue weighted by Crippen LogP contribution is 2.19. The number of aryl methyl sites for hydroxylation is 1. The summed E-state index contributed by atoms with van der Waals surface area (Å²) in [5.74, 6) is 0.523. The number of hydrogen-bond acceptors (Lipinski definition) is 4. The Kier molecular flexibility index (Phi) is 3.88. The minimum absolute atomic E-state index is 0.219. The third-order valence-corrected chi connectivity index (χ3v) is 3.31. The summed E-state index contributed by atoms with van der Waals surface area (Å²) < 4.78 is 5.43. The van der Waals surface area contributed by atoms with Crippen LogP contribution in [-0.2, 0) is 11.3 Å². The molecule has 6 heteroatoms. The largest absolute Gasteiger partial charge is 0.378 e. The van der Waals surface area contributed by atoms with E-state index in [4.69, 9.17) is 4.74 Å². The number of methoxy groups -OCH3 is 1. The molecule has 94 valence electrons. The van der Waals surface area contributed by atoms with Crippen molar-refractivity contribution in [1.82, 2.24) is 15.0 Å². The number of ether oxygens (including phenoxy) is 1. The third-order valence-electron chi connectivity index (χ3n) is 2.49. The molecule has 0 radical (unpaired) electrons. The van der Waals surface area contributed by atoms with Crippen LogP contribution in [0.1, 0.15) is 11.3 Å². The molecule has 0 aliphatic rings. The smallest absolute Gasteiger partial charge is 0.265 e. The first-order chi connectivity index (χ1) is 8.63. The van der Waals surface area contributed by atoms with E-state index in [0.717, 1.165) is 11.1 Å². The van der Waals surface area contributed by atoms with Crippen molar-refractivity contribution in [3.05, 3.63) is 44.5 Å².